The van der Waals surface area contributed by atoms with Crippen molar-refractivity contribution in [2.24, 2.45) is 5.73 Å². The van der Waals surface area contributed by atoms with Gasteiger partial charge in [-0.2, -0.15) is 0 Å². The van der Waals surface area contributed by atoms with Crippen LogP contribution in [0.3, 0.4) is 0 Å². The molecular weight excluding hydrogens is 190 g/mol. The number of aryl methyl sites for hydroxylation is 1. The second-order valence-corrected chi connectivity index (χ2v) is 3.23. The minimum atomic E-state index is 0.568. The van der Waals surface area contributed by atoms with Crippen molar-refractivity contribution in [3.05, 3.63) is 30.2 Å². The minimum Gasteiger partial charge on any atom is -0.329 e. The number of nitrogens with zero attached hydrogens (tertiary/aromatic N) is 4. The van der Waals surface area contributed by atoms with Crippen molar-refractivity contribution < 1.29 is 0 Å². The molecule has 0 unspecified atom stereocenters. The first-order valence-electron chi connectivity index (χ1n) is 4.84. The van der Waals surface area contributed by atoms with Crippen molar-refractivity contribution >= 4 is 0 Å². The fraction of sp³-hybridized carbons (Fsp3) is 0.300. The molecule has 0 fully saturated rings. The molecule has 15 heavy (non-hydrogen) atoms. The fourth-order valence-corrected chi connectivity index (χ4v) is 1.46. The average Bonchev–Trinajstić information content (AvgIpc) is 2.63. The molecule has 0 aromatic carbocycles. The van der Waals surface area contributed by atoms with E-state index in [0.29, 0.717) is 13.1 Å². The third kappa shape index (κ3) is 1.87. The first-order chi connectivity index (χ1) is 7.33. The third-order valence-corrected chi connectivity index (χ3v) is 2.18. The second-order valence-electron chi connectivity index (χ2n) is 3.23. The van der Waals surface area contributed by atoms with Gasteiger partial charge in [0.25, 0.3) is 0 Å². The molecular formula is C10H13N5. The maximum atomic E-state index is 5.54. The molecule has 0 aliphatic rings. The Bertz CT molecular complexity index is 434. The topological polar surface area (TPSA) is 69.6 Å². The van der Waals surface area contributed by atoms with E-state index in [9.17, 15) is 0 Å². The van der Waals surface area contributed by atoms with E-state index < -0.39 is 0 Å². The van der Waals surface area contributed by atoms with E-state index >= 15 is 0 Å². The Morgan fingerprint density at radius 1 is 1.33 bits per heavy atom. The third-order valence-electron chi connectivity index (χ3n) is 2.18. The van der Waals surface area contributed by atoms with E-state index in [-0.39, 0.29) is 0 Å². The van der Waals surface area contributed by atoms with Crippen LogP contribution in [0.1, 0.15) is 5.82 Å². The molecule has 2 aromatic rings. The van der Waals surface area contributed by atoms with Crippen LogP contribution in [0.25, 0.3) is 11.5 Å². The summed E-state index contributed by atoms with van der Waals surface area (Å²) in [5.41, 5.74) is 6.36. The predicted octanol–water partition coefficient (Wildman–Crippen LogP) is 0.607. The molecule has 0 saturated carbocycles. The van der Waals surface area contributed by atoms with Crippen LogP contribution in [-0.2, 0) is 6.54 Å². The van der Waals surface area contributed by atoms with Crippen LogP contribution in [0.2, 0.25) is 0 Å². The fourth-order valence-electron chi connectivity index (χ4n) is 1.46. The van der Waals surface area contributed by atoms with E-state index in [2.05, 4.69) is 15.2 Å². The Kier molecular flexibility index (Phi) is 2.73. The van der Waals surface area contributed by atoms with Gasteiger partial charge in [-0.25, -0.2) is 0 Å². The molecule has 0 atom stereocenters. The predicted molar refractivity (Wildman–Crippen MR) is 57.0 cm³/mol. The highest BCUT2D eigenvalue weighted by molar-refractivity contribution is 5.48. The summed E-state index contributed by atoms with van der Waals surface area (Å²) in [6.07, 6.45) is 1.74. The highest BCUT2D eigenvalue weighted by Crippen LogP contribution is 2.14. The van der Waals surface area contributed by atoms with Crippen molar-refractivity contribution in [3.63, 3.8) is 0 Å². The maximum Gasteiger partial charge on any atom is 0.182 e. The Morgan fingerprint density at radius 2 is 2.20 bits per heavy atom. The van der Waals surface area contributed by atoms with Crippen LogP contribution in [0.15, 0.2) is 24.4 Å². The summed E-state index contributed by atoms with van der Waals surface area (Å²) in [6.45, 7) is 3.19. The highest BCUT2D eigenvalue weighted by atomic mass is 15.3. The van der Waals surface area contributed by atoms with Gasteiger partial charge in [-0.05, 0) is 19.1 Å². The number of pyridine rings is 1. The van der Waals surface area contributed by atoms with Crippen molar-refractivity contribution in [2.75, 3.05) is 6.54 Å². The molecule has 2 heterocycles. The molecule has 2 rings (SSSR count). The Balaban J connectivity index is 2.44. The monoisotopic (exact) mass is 203 g/mol. The summed E-state index contributed by atoms with van der Waals surface area (Å²) in [4.78, 5) is 4.24. The van der Waals surface area contributed by atoms with Crippen molar-refractivity contribution in [3.8, 4) is 11.5 Å². The van der Waals surface area contributed by atoms with Crippen LogP contribution < -0.4 is 5.73 Å². The normalized spacial score (nSPS) is 10.5. The summed E-state index contributed by atoms with van der Waals surface area (Å²) < 4.78 is 1.97. The van der Waals surface area contributed by atoms with Gasteiger partial charge in [0.1, 0.15) is 11.5 Å². The number of aromatic nitrogens is 4. The summed E-state index contributed by atoms with van der Waals surface area (Å²) in [5, 5.41) is 8.13. The largest absolute Gasteiger partial charge is 0.329 e. The Labute approximate surface area is 88.0 Å². The van der Waals surface area contributed by atoms with Crippen molar-refractivity contribution in [1.82, 2.24) is 19.7 Å². The lowest BCUT2D eigenvalue weighted by Crippen LogP contribution is -2.12. The van der Waals surface area contributed by atoms with Gasteiger partial charge in [0.05, 0.1) is 0 Å². The quantitative estimate of drug-likeness (QED) is 0.793. The molecule has 0 aliphatic carbocycles. The van der Waals surface area contributed by atoms with Gasteiger partial charge in [0.15, 0.2) is 5.82 Å². The molecule has 5 heteroatoms. The lowest BCUT2D eigenvalue weighted by atomic mass is 10.3. The van der Waals surface area contributed by atoms with Gasteiger partial charge in [0.2, 0.25) is 0 Å². The summed E-state index contributed by atoms with van der Waals surface area (Å²) in [7, 11) is 0. The molecule has 0 radical (unpaired) electrons. The van der Waals surface area contributed by atoms with Crippen molar-refractivity contribution in [2.45, 2.75) is 13.5 Å². The van der Waals surface area contributed by atoms with Crippen LogP contribution in [0.4, 0.5) is 0 Å². The minimum absolute atomic E-state index is 0.568. The molecule has 78 valence electrons. The Morgan fingerprint density at radius 3 is 2.87 bits per heavy atom. The number of rotatable bonds is 3. The first-order valence-corrected chi connectivity index (χ1v) is 4.84. The first kappa shape index (κ1) is 9.79. The second kappa shape index (κ2) is 4.18. The molecule has 2 N–H and O–H groups in total. The molecule has 5 nitrogen and oxygen atoms in total. The lowest BCUT2D eigenvalue weighted by molar-refractivity contribution is 0.688. The smallest absolute Gasteiger partial charge is 0.182 e. The van der Waals surface area contributed by atoms with Crippen LogP contribution >= 0.6 is 0 Å². The molecule has 0 aliphatic heterocycles. The number of hydrogen-bond donors (Lipinski definition) is 1. The van der Waals surface area contributed by atoms with E-state index in [1.54, 1.807) is 6.20 Å². The average molecular weight is 203 g/mol. The SMILES string of the molecule is Cc1nnc(-c2ccccn2)n1CCN. The summed E-state index contributed by atoms with van der Waals surface area (Å²) in [6, 6.07) is 5.72. The lowest BCUT2D eigenvalue weighted by Gasteiger charge is -2.05. The maximum absolute atomic E-state index is 5.54. The molecule has 0 spiro atoms. The standard InChI is InChI=1S/C10H13N5/c1-8-13-14-10(15(8)7-5-11)9-4-2-3-6-12-9/h2-4,6H,5,7,11H2,1H3. The number of nitrogens with two attached hydrogens (primary N) is 1. The van der Waals surface area contributed by atoms with Crippen molar-refractivity contribution in [1.29, 1.82) is 0 Å². The zero-order chi connectivity index (χ0) is 10.7. The molecule has 0 amide bonds. The zero-order valence-corrected chi connectivity index (χ0v) is 8.59. The van der Waals surface area contributed by atoms with Gasteiger partial charge in [-0.3, -0.25) is 4.98 Å². The Hall–Kier alpha value is -1.75. The van der Waals surface area contributed by atoms with E-state index in [0.717, 1.165) is 17.3 Å². The van der Waals surface area contributed by atoms with Crippen LogP contribution in [0.5, 0.6) is 0 Å². The highest BCUT2D eigenvalue weighted by Gasteiger charge is 2.10. The van der Waals surface area contributed by atoms with Crippen LogP contribution in [0, 0.1) is 6.92 Å². The van der Waals surface area contributed by atoms with Gasteiger partial charge >= 0.3 is 0 Å². The number of hydrogen-bond acceptors (Lipinski definition) is 4. The van der Waals surface area contributed by atoms with E-state index in [1.165, 1.54) is 0 Å². The van der Waals surface area contributed by atoms with E-state index in [1.807, 2.05) is 29.7 Å². The zero-order valence-electron chi connectivity index (χ0n) is 8.59. The molecule has 2 aromatic heterocycles. The van der Waals surface area contributed by atoms with E-state index in [4.69, 9.17) is 5.73 Å². The summed E-state index contributed by atoms with van der Waals surface area (Å²) >= 11 is 0. The van der Waals surface area contributed by atoms with Crippen LogP contribution in [-0.4, -0.2) is 26.3 Å². The van der Waals surface area contributed by atoms with Gasteiger partial charge in [-0.15, -0.1) is 10.2 Å². The molecule has 0 saturated heterocycles. The van der Waals surface area contributed by atoms with Gasteiger partial charge in [-0.1, -0.05) is 6.07 Å². The van der Waals surface area contributed by atoms with Gasteiger partial charge < -0.3 is 10.3 Å². The van der Waals surface area contributed by atoms with Gasteiger partial charge in [0, 0.05) is 19.3 Å². The summed E-state index contributed by atoms with van der Waals surface area (Å²) in [5.74, 6) is 1.64. The molecule has 0 bridgehead atoms.